The Balaban J connectivity index is 0.00000338. The van der Waals surface area contributed by atoms with Gasteiger partial charge in [0.15, 0.2) is 5.96 Å². The van der Waals surface area contributed by atoms with Crippen molar-refractivity contribution in [1.82, 2.24) is 20.5 Å². The second kappa shape index (κ2) is 12.9. The smallest absolute Gasteiger partial charge is 0.191 e. The fourth-order valence-corrected chi connectivity index (χ4v) is 3.75. The van der Waals surface area contributed by atoms with Gasteiger partial charge in [-0.25, -0.2) is 4.98 Å². The standard InChI is InChI=1S/C19H35N5S.HI/c1-5-15(4)22-19(20-7-3)21-12-16-8-10-24(11-9-16)13-17-14-25-18(6-2)23-17;/h14-16H,5-13H2,1-4H3,(H2,20,21,22);1H. The van der Waals surface area contributed by atoms with E-state index >= 15 is 0 Å². The first kappa shape index (κ1) is 23.6. The third-order valence-electron chi connectivity index (χ3n) is 4.84. The molecule has 2 N–H and O–H groups in total. The van der Waals surface area contributed by atoms with Crippen molar-refractivity contribution in [2.24, 2.45) is 10.9 Å². The van der Waals surface area contributed by atoms with Crippen LogP contribution in [0.5, 0.6) is 0 Å². The molecule has 2 heterocycles. The minimum atomic E-state index is 0. The van der Waals surface area contributed by atoms with Crippen LogP contribution in [0.25, 0.3) is 0 Å². The Labute approximate surface area is 180 Å². The molecule has 5 nitrogen and oxygen atoms in total. The predicted molar refractivity (Wildman–Crippen MR) is 124 cm³/mol. The van der Waals surface area contributed by atoms with E-state index in [4.69, 9.17) is 9.98 Å². The highest BCUT2D eigenvalue weighted by molar-refractivity contribution is 14.0. The summed E-state index contributed by atoms with van der Waals surface area (Å²) < 4.78 is 0. The van der Waals surface area contributed by atoms with E-state index in [1.807, 2.05) is 0 Å². The lowest BCUT2D eigenvalue weighted by molar-refractivity contribution is 0.179. The van der Waals surface area contributed by atoms with Crippen LogP contribution in [0.2, 0.25) is 0 Å². The molecule has 0 amide bonds. The molecule has 0 aliphatic carbocycles. The summed E-state index contributed by atoms with van der Waals surface area (Å²) in [6, 6.07) is 0.464. The number of halogens is 1. The van der Waals surface area contributed by atoms with E-state index in [2.05, 4.69) is 48.6 Å². The predicted octanol–water partition coefficient (Wildman–Crippen LogP) is 3.89. The summed E-state index contributed by atoms with van der Waals surface area (Å²) in [7, 11) is 0. The zero-order valence-corrected chi connectivity index (χ0v) is 19.9. The lowest BCUT2D eigenvalue weighted by Gasteiger charge is -2.30. The van der Waals surface area contributed by atoms with Gasteiger partial charge in [0.25, 0.3) is 0 Å². The highest BCUT2D eigenvalue weighted by Crippen LogP contribution is 2.20. The Kier molecular flexibility index (Phi) is 11.7. The van der Waals surface area contributed by atoms with Crippen molar-refractivity contribution < 1.29 is 0 Å². The SMILES string of the molecule is CCNC(=NCC1CCN(Cc2csc(CC)n2)CC1)NC(C)CC.I. The number of rotatable bonds is 8. The maximum atomic E-state index is 4.81. The van der Waals surface area contributed by atoms with Crippen LogP contribution in [-0.4, -0.2) is 48.1 Å². The van der Waals surface area contributed by atoms with Gasteiger partial charge >= 0.3 is 0 Å². The summed E-state index contributed by atoms with van der Waals surface area (Å²) in [5, 5.41) is 10.3. The molecule has 26 heavy (non-hydrogen) atoms. The number of guanidine groups is 1. The van der Waals surface area contributed by atoms with Gasteiger partial charge < -0.3 is 10.6 Å². The molecule has 0 radical (unpaired) electrons. The molecule has 0 aromatic carbocycles. The van der Waals surface area contributed by atoms with E-state index in [-0.39, 0.29) is 24.0 Å². The maximum Gasteiger partial charge on any atom is 0.191 e. The summed E-state index contributed by atoms with van der Waals surface area (Å²) in [6.45, 7) is 13.9. The van der Waals surface area contributed by atoms with Crippen LogP contribution in [0.15, 0.2) is 10.4 Å². The highest BCUT2D eigenvalue weighted by atomic mass is 127. The normalized spacial score (nSPS) is 17.6. The number of nitrogens with one attached hydrogen (secondary N) is 2. The molecule has 0 spiro atoms. The van der Waals surface area contributed by atoms with E-state index < -0.39 is 0 Å². The molecule has 0 bridgehead atoms. The number of hydrogen-bond acceptors (Lipinski definition) is 4. The van der Waals surface area contributed by atoms with Crippen LogP contribution in [0.4, 0.5) is 0 Å². The summed E-state index contributed by atoms with van der Waals surface area (Å²) >= 11 is 1.79. The first-order chi connectivity index (χ1) is 12.1. The van der Waals surface area contributed by atoms with Crippen molar-refractivity contribution in [2.45, 2.75) is 66.0 Å². The molecule has 2 rings (SSSR count). The molecule has 1 atom stereocenters. The summed E-state index contributed by atoms with van der Waals surface area (Å²) in [6.07, 6.45) is 4.62. The van der Waals surface area contributed by atoms with Crippen LogP contribution >= 0.6 is 35.3 Å². The van der Waals surface area contributed by atoms with E-state index in [1.54, 1.807) is 11.3 Å². The minimum absolute atomic E-state index is 0. The topological polar surface area (TPSA) is 52.6 Å². The molecule has 1 aromatic heterocycles. The van der Waals surface area contributed by atoms with Gasteiger partial charge in [0.1, 0.15) is 0 Å². The zero-order chi connectivity index (χ0) is 18.1. The number of piperidine rings is 1. The summed E-state index contributed by atoms with van der Waals surface area (Å²) in [5.74, 6) is 1.67. The van der Waals surface area contributed by atoms with E-state index in [0.717, 1.165) is 51.5 Å². The monoisotopic (exact) mass is 493 g/mol. The molecule has 1 aliphatic rings. The molecule has 1 unspecified atom stereocenters. The molecule has 1 aromatic rings. The maximum absolute atomic E-state index is 4.81. The lowest BCUT2D eigenvalue weighted by Crippen LogP contribution is -2.42. The Hall–Kier alpha value is -0.410. The van der Waals surface area contributed by atoms with Crippen LogP contribution in [0.3, 0.4) is 0 Å². The number of hydrogen-bond donors (Lipinski definition) is 2. The van der Waals surface area contributed by atoms with Crippen LogP contribution in [-0.2, 0) is 13.0 Å². The van der Waals surface area contributed by atoms with E-state index in [0.29, 0.717) is 12.0 Å². The average Bonchev–Trinajstić information content (AvgIpc) is 3.08. The lowest BCUT2D eigenvalue weighted by atomic mass is 9.97. The molecule has 7 heteroatoms. The van der Waals surface area contributed by atoms with Gasteiger partial charge in [0.2, 0.25) is 0 Å². The fraction of sp³-hybridized carbons (Fsp3) is 0.789. The van der Waals surface area contributed by atoms with Crippen molar-refractivity contribution >= 4 is 41.3 Å². The number of thiazole rings is 1. The molecule has 1 aliphatic heterocycles. The summed E-state index contributed by atoms with van der Waals surface area (Å²) in [5.41, 5.74) is 1.24. The number of likely N-dealkylation sites (tertiary alicyclic amines) is 1. The van der Waals surface area contributed by atoms with Gasteiger partial charge in [-0.3, -0.25) is 9.89 Å². The minimum Gasteiger partial charge on any atom is -0.357 e. The Bertz CT molecular complexity index is 526. The summed E-state index contributed by atoms with van der Waals surface area (Å²) in [4.78, 5) is 12.0. The van der Waals surface area contributed by atoms with Crippen LogP contribution in [0.1, 0.15) is 57.7 Å². The number of nitrogens with zero attached hydrogens (tertiary/aromatic N) is 3. The Morgan fingerprint density at radius 1 is 1.35 bits per heavy atom. The third kappa shape index (κ3) is 8.08. The van der Waals surface area contributed by atoms with Crippen molar-refractivity contribution in [2.75, 3.05) is 26.2 Å². The highest BCUT2D eigenvalue weighted by Gasteiger charge is 2.20. The van der Waals surface area contributed by atoms with Gasteiger partial charge in [-0.2, -0.15) is 0 Å². The fourth-order valence-electron chi connectivity index (χ4n) is 3.02. The molecule has 150 valence electrons. The third-order valence-corrected chi connectivity index (χ3v) is 5.88. The van der Waals surface area contributed by atoms with E-state index in [9.17, 15) is 0 Å². The van der Waals surface area contributed by atoms with E-state index in [1.165, 1.54) is 23.5 Å². The largest absolute Gasteiger partial charge is 0.357 e. The second-order valence-corrected chi connectivity index (χ2v) is 7.92. The van der Waals surface area contributed by atoms with Crippen LogP contribution < -0.4 is 10.6 Å². The van der Waals surface area contributed by atoms with Crippen molar-refractivity contribution in [1.29, 1.82) is 0 Å². The first-order valence-electron chi connectivity index (χ1n) is 9.85. The molecular formula is C19H36IN5S. The molecular weight excluding hydrogens is 457 g/mol. The van der Waals surface area contributed by atoms with Crippen molar-refractivity contribution in [3.05, 3.63) is 16.1 Å². The van der Waals surface area contributed by atoms with Gasteiger partial charge in [-0.1, -0.05) is 13.8 Å². The van der Waals surface area contributed by atoms with Gasteiger partial charge in [-0.05, 0) is 58.5 Å². The first-order valence-corrected chi connectivity index (χ1v) is 10.7. The Morgan fingerprint density at radius 2 is 2.08 bits per heavy atom. The zero-order valence-electron chi connectivity index (χ0n) is 16.8. The average molecular weight is 494 g/mol. The van der Waals surface area contributed by atoms with Gasteiger partial charge in [-0.15, -0.1) is 35.3 Å². The number of aliphatic imine (C=N–C) groups is 1. The van der Waals surface area contributed by atoms with Crippen molar-refractivity contribution in [3.63, 3.8) is 0 Å². The van der Waals surface area contributed by atoms with Gasteiger partial charge in [0.05, 0.1) is 10.7 Å². The Morgan fingerprint density at radius 3 is 2.65 bits per heavy atom. The molecule has 1 saturated heterocycles. The van der Waals surface area contributed by atoms with Crippen molar-refractivity contribution in [3.8, 4) is 0 Å². The molecule has 0 saturated carbocycles. The molecule has 1 fully saturated rings. The number of aryl methyl sites for hydroxylation is 1. The quantitative estimate of drug-likeness (QED) is 0.328. The second-order valence-electron chi connectivity index (χ2n) is 6.98. The number of aromatic nitrogens is 1. The van der Waals surface area contributed by atoms with Gasteiger partial charge in [0, 0.05) is 31.1 Å². The van der Waals surface area contributed by atoms with Crippen LogP contribution in [0, 0.1) is 5.92 Å².